The fraction of sp³-hybridized carbons (Fsp3) is 0.200. The molecule has 5 N–H and O–H groups in total. The van der Waals surface area contributed by atoms with Crippen molar-refractivity contribution in [3.8, 4) is 16.9 Å². The molecule has 0 aliphatic carbocycles. The Morgan fingerprint density at radius 3 is 2.03 bits per heavy atom. The maximum atomic E-state index is 12.7. The molecule has 30 heavy (non-hydrogen) atoms. The van der Waals surface area contributed by atoms with Gasteiger partial charge in [0, 0.05) is 49.4 Å². The minimum absolute atomic E-state index is 0. The number of carbonyl (C=O) groups excluding carboxylic acids is 1. The molecule has 6 nitrogen and oxygen atoms in total. The molecule has 1 aromatic heterocycles. The van der Waals surface area contributed by atoms with Crippen molar-refractivity contribution < 1.29 is 87.8 Å². The van der Waals surface area contributed by atoms with Crippen LogP contribution in [0.2, 0.25) is 0 Å². The Morgan fingerprint density at radius 1 is 1.00 bits per heavy atom. The quantitative estimate of drug-likeness (QED) is 0.379. The summed E-state index contributed by atoms with van der Waals surface area (Å²) in [6.07, 6.45) is -5.30. The molecule has 2 aromatic carbocycles. The second-order valence-electron chi connectivity index (χ2n) is 6.42. The van der Waals surface area contributed by atoms with Crippen LogP contribution in [0, 0.1) is 70.1 Å². The summed E-state index contributed by atoms with van der Waals surface area (Å²) in [5, 5.41) is 9.95. The number of carbonyl (C=O) groups is 1. The molecule has 3 aromatic rings. The van der Waals surface area contributed by atoms with Gasteiger partial charge < -0.3 is 20.5 Å². The molecule has 1 radical (unpaired) electrons. The normalized spacial score (nSPS) is 10.6. The number of halogens is 3. The molecule has 0 fully saturated rings. The van der Waals surface area contributed by atoms with E-state index in [0.717, 1.165) is 22.3 Å². The van der Waals surface area contributed by atoms with Crippen molar-refractivity contribution in [3.63, 3.8) is 0 Å². The first-order chi connectivity index (χ1) is 12.5. The third kappa shape index (κ3) is 5.18. The second kappa shape index (κ2) is 10.1. The summed E-state index contributed by atoms with van der Waals surface area (Å²) in [6.45, 7) is 5.79. The van der Waals surface area contributed by atoms with Crippen molar-refractivity contribution in [3.05, 3.63) is 63.0 Å². The van der Waals surface area contributed by atoms with E-state index in [4.69, 9.17) is 4.42 Å². The number of benzene rings is 2. The van der Waals surface area contributed by atoms with Gasteiger partial charge >= 0.3 is 11.8 Å². The Kier molecular flexibility index (Phi) is 9.61. The van der Waals surface area contributed by atoms with Crippen molar-refractivity contribution in [1.82, 2.24) is 0 Å². The number of aromatic hydroxyl groups is 1. The summed E-state index contributed by atoms with van der Waals surface area (Å²) in [5.74, 6) is -3.47. The maximum absolute atomic E-state index is 12.7. The van der Waals surface area contributed by atoms with E-state index in [1.807, 2.05) is 32.9 Å². The number of Topliss-reactive ketones (excluding diaryl/α,β-unsaturated/α-hetero) is 1. The first-order valence-electron chi connectivity index (χ1n) is 8.00. The number of fused-ring (bicyclic) bond motifs is 1. The van der Waals surface area contributed by atoms with E-state index in [2.05, 4.69) is 0 Å². The number of aryl methyl sites for hydroxylation is 3. The molecule has 0 saturated carbocycles. The van der Waals surface area contributed by atoms with Gasteiger partial charge in [-0.15, -0.1) is 0 Å². The zero-order chi connectivity index (χ0) is 20.1. The average molecular weight is 564 g/mol. The van der Waals surface area contributed by atoms with Crippen LogP contribution in [-0.2, 0) is 0 Å². The van der Waals surface area contributed by atoms with E-state index in [1.165, 1.54) is 12.1 Å². The molecule has 0 aliphatic rings. The van der Waals surface area contributed by atoms with Crippen LogP contribution in [-0.4, -0.2) is 28.0 Å². The van der Waals surface area contributed by atoms with Crippen molar-refractivity contribution in [1.29, 1.82) is 0 Å². The molecule has 0 aliphatic heterocycles. The van der Waals surface area contributed by atoms with Crippen LogP contribution in [0.4, 0.5) is 13.2 Å². The van der Waals surface area contributed by atoms with Gasteiger partial charge in [0.05, 0.1) is 5.39 Å². The summed E-state index contributed by atoms with van der Waals surface area (Å²) in [7, 11) is 0. The average Bonchev–Trinajstić information content (AvgIpc) is 2.52. The number of alkyl halides is 3. The molecule has 1 heterocycles. The van der Waals surface area contributed by atoms with Crippen LogP contribution in [0.25, 0.3) is 22.1 Å². The van der Waals surface area contributed by atoms with Gasteiger partial charge in [-0.25, -0.2) is 4.79 Å². The molecule has 0 bridgehead atoms. The van der Waals surface area contributed by atoms with Crippen LogP contribution in [0.1, 0.15) is 27.0 Å². The Bertz CT molecular complexity index is 1130. The minimum Gasteiger partial charge on any atom is -0.506 e. The van der Waals surface area contributed by atoms with Crippen molar-refractivity contribution >= 4 is 16.8 Å². The molecule has 0 atom stereocenters. The summed E-state index contributed by atoms with van der Waals surface area (Å²) >= 11 is 0. The van der Waals surface area contributed by atoms with Crippen LogP contribution >= 0.6 is 0 Å². The molecule has 3 rings (SSSR count). The number of hydrogen-bond donors (Lipinski definition) is 1. The SMILES string of the molecule is Cc1cc(C)c(-c2ccc3c(O)c(C(=O)C(F)(F)F)c(=O)oc3c2)c(C)c1.O.O.[Eu]. The van der Waals surface area contributed by atoms with Gasteiger partial charge in [-0.1, -0.05) is 23.8 Å². The standard InChI is InChI=1S/C20H15F3O4.Eu.2H2O/c1-9-6-10(2)15(11(3)7-9)12-4-5-13-14(8-12)27-19(26)16(17(13)24)18(25)20(21,22)23;;;/h4-8,24H,1-3H3;;2*1H2. The molecule has 0 spiro atoms. The summed E-state index contributed by atoms with van der Waals surface area (Å²) in [4.78, 5) is 23.3. The molecule has 0 amide bonds. The smallest absolute Gasteiger partial charge is 0.455 e. The van der Waals surface area contributed by atoms with E-state index in [-0.39, 0.29) is 71.3 Å². The van der Waals surface area contributed by atoms with Crippen LogP contribution in [0.5, 0.6) is 5.75 Å². The van der Waals surface area contributed by atoms with Gasteiger partial charge in [0.25, 0.3) is 5.78 Å². The van der Waals surface area contributed by atoms with E-state index in [0.29, 0.717) is 5.56 Å². The van der Waals surface area contributed by atoms with Gasteiger partial charge in [-0.05, 0) is 55.2 Å². The fourth-order valence-corrected chi connectivity index (χ4v) is 3.32. The molecule has 163 valence electrons. The Labute approximate surface area is 209 Å². The van der Waals surface area contributed by atoms with E-state index >= 15 is 0 Å². The summed E-state index contributed by atoms with van der Waals surface area (Å²) in [6, 6.07) is 8.34. The number of hydrogen-bond acceptors (Lipinski definition) is 4. The van der Waals surface area contributed by atoms with Gasteiger partial charge in [0.2, 0.25) is 0 Å². The molecule has 10 heteroatoms. The molecule has 0 unspecified atom stereocenters. The van der Waals surface area contributed by atoms with Crippen molar-refractivity contribution in [2.75, 3.05) is 0 Å². The Balaban J connectivity index is 0.00000280. The zero-order valence-electron chi connectivity index (χ0n) is 16.1. The zero-order valence-corrected chi connectivity index (χ0v) is 18.5. The number of rotatable bonds is 2. The van der Waals surface area contributed by atoms with E-state index in [9.17, 15) is 27.9 Å². The third-order valence-electron chi connectivity index (χ3n) is 4.33. The Morgan fingerprint density at radius 2 is 1.53 bits per heavy atom. The third-order valence-corrected chi connectivity index (χ3v) is 4.33. The predicted octanol–water partition coefficient (Wildman–Crippen LogP) is 3.19. The summed E-state index contributed by atoms with van der Waals surface area (Å²) in [5.41, 5.74) is 1.55. The largest absolute Gasteiger partial charge is 0.506 e. The second-order valence-corrected chi connectivity index (χ2v) is 6.42. The van der Waals surface area contributed by atoms with Crippen LogP contribution in [0.15, 0.2) is 39.5 Å². The topological polar surface area (TPSA) is 131 Å². The monoisotopic (exact) mass is 565 g/mol. The first kappa shape index (κ1) is 28.4. The Hall–Kier alpha value is -1.59. The van der Waals surface area contributed by atoms with Gasteiger partial charge in [0.15, 0.2) is 5.56 Å². The maximum Gasteiger partial charge on any atom is 0.455 e. The molecular formula is C20H19EuF3O6. The first-order valence-corrected chi connectivity index (χ1v) is 8.00. The predicted molar refractivity (Wildman–Crippen MR) is 101 cm³/mol. The number of ketones is 1. The van der Waals surface area contributed by atoms with Crippen LogP contribution < -0.4 is 5.63 Å². The van der Waals surface area contributed by atoms with Gasteiger partial charge in [-0.2, -0.15) is 13.2 Å². The van der Waals surface area contributed by atoms with Crippen LogP contribution in [0.3, 0.4) is 0 Å². The van der Waals surface area contributed by atoms with E-state index < -0.39 is 28.9 Å². The van der Waals surface area contributed by atoms with Gasteiger partial charge in [-0.3, -0.25) is 4.79 Å². The molecule has 0 saturated heterocycles. The van der Waals surface area contributed by atoms with Crippen molar-refractivity contribution in [2.24, 2.45) is 0 Å². The van der Waals surface area contributed by atoms with E-state index in [1.54, 1.807) is 6.07 Å². The summed E-state index contributed by atoms with van der Waals surface area (Å²) < 4.78 is 42.9. The van der Waals surface area contributed by atoms with Gasteiger partial charge in [0.1, 0.15) is 11.3 Å². The van der Waals surface area contributed by atoms with Crippen molar-refractivity contribution in [2.45, 2.75) is 26.9 Å². The minimum atomic E-state index is -5.30. The molecular weight excluding hydrogens is 545 g/mol. The fourth-order valence-electron chi connectivity index (χ4n) is 3.32.